The van der Waals surface area contributed by atoms with E-state index in [4.69, 9.17) is 19.5 Å². The number of nitrogens with one attached hydrogen (secondary N) is 2. The van der Waals surface area contributed by atoms with Crippen LogP contribution in [-0.2, 0) is 50.7 Å². The van der Waals surface area contributed by atoms with E-state index in [0.29, 0.717) is 12.2 Å². The molecule has 24 nitrogen and oxygen atoms in total. The Morgan fingerprint density at radius 1 is 0.923 bits per heavy atom. The van der Waals surface area contributed by atoms with Crippen LogP contribution in [0.3, 0.4) is 0 Å². The highest BCUT2D eigenvalue weighted by Gasteiger charge is 2.50. The van der Waals surface area contributed by atoms with E-state index in [9.17, 15) is 57.9 Å². The number of nitrogens with zero attached hydrogens (tertiary/aromatic N) is 4. The highest BCUT2D eigenvalue weighted by molar-refractivity contribution is 8.13. The summed E-state index contributed by atoms with van der Waals surface area (Å²) in [6.07, 6.45) is 6.75. The van der Waals surface area contributed by atoms with Crippen LogP contribution < -0.4 is 16.4 Å². The summed E-state index contributed by atoms with van der Waals surface area (Å²) in [4.78, 5) is 88.3. The molecule has 1 aliphatic heterocycles. The summed E-state index contributed by atoms with van der Waals surface area (Å²) in [5.74, 6) is -0.284. The van der Waals surface area contributed by atoms with Crippen molar-refractivity contribution in [3.05, 3.63) is 12.7 Å². The Hall–Kier alpha value is -2.44. The van der Waals surface area contributed by atoms with Gasteiger partial charge in [-0.25, -0.2) is 28.6 Å². The third kappa shape index (κ3) is 20.4. The molecule has 0 radical (unpaired) electrons. The van der Waals surface area contributed by atoms with Gasteiger partial charge in [0.25, 0.3) is 0 Å². The van der Waals surface area contributed by atoms with E-state index in [1.807, 2.05) is 0 Å². The number of rotatable bonds is 32. The first kappa shape index (κ1) is 56.9. The van der Waals surface area contributed by atoms with Gasteiger partial charge < -0.3 is 50.9 Å². The van der Waals surface area contributed by atoms with Gasteiger partial charge >= 0.3 is 23.5 Å². The number of thioether (sulfide) groups is 1. The molecule has 0 bridgehead atoms. The van der Waals surface area contributed by atoms with Gasteiger partial charge in [-0.1, -0.05) is 104 Å². The molecule has 8 unspecified atom stereocenters. The molecule has 65 heavy (non-hydrogen) atoms. The highest BCUT2D eigenvalue weighted by atomic mass is 32.2. The quantitative estimate of drug-likeness (QED) is 0.0369. The van der Waals surface area contributed by atoms with Gasteiger partial charge in [-0.2, -0.15) is 4.31 Å². The minimum Gasteiger partial charge on any atom is -0.386 e. The predicted molar refractivity (Wildman–Crippen MR) is 237 cm³/mol. The summed E-state index contributed by atoms with van der Waals surface area (Å²) in [7, 11) is -16.4. The number of aliphatic hydroxyl groups is 2. The minimum atomic E-state index is -5.57. The molecule has 2 amide bonds. The molecule has 2 aromatic rings. The fraction of sp³-hybridized carbons (Fsp3) is 0.784. The lowest BCUT2D eigenvalue weighted by atomic mass is 9.87. The Bertz CT molecular complexity index is 1980. The maximum Gasteiger partial charge on any atom is 0.481 e. The number of nitrogen functional groups attached to an aromatic ring is 1. The molecular formula is C37H66N7O17P3S. The number of ether oxygens (including phenoxy) is 1. The summed E-state index contributed by atoms with van der Waals surface area (Å²) in [5.41, 5.74) is 4.29. The lowest BCUT2D eigenvalue weighted by Crippen LogP contribution is -2.46. The molecule has 0 saturated carbocycles. The van der Waals surface area contributed by atoms with Gasteiger partial charge in [0.1, 0.15) is 36.3 Å². The number of fused-ring (bicyclic) bond motifs is 1. The highest BCUT2D eigenvalue weighted by Crippen LogP contribution is 2.61. The summed E-state index contributed by atoms with van der Waals surface area (Å²) in [5, 5.41) is 26.7. The van der Waals surface area contributed by atoms with Crippen LogP contribution in [0.2, 0.25) is 0 Å². The smallest absolute Gasteiger partial charge is 0.386 e. The molecule has 0 aromatic carbocycles. The van der Waals surface area contributed by atoms with Gasteiger partial charge in [0.05, 0.1) is 19.5 Å². The zero-order chi connectivity index (χ0) is 48.4. The van der Waals surface area contributed by atoms with Crippen molar-refractivity contribution in [1.29, 1.82) is 0 Å². The van der Waals surface area contributed by atoms with Gasteiger partial charge in [-0.3, -0.25) is 32.5 Å². The van der Waals surface area contributed by atoms with Crippen molar-refractivity contribution in [1.82, 2.24) is 30.2 Å². The van der Waals surface area contributed by atoms with Crippen LogP contribution in [0.15, 0.2) is 12.7 Å². The first-order valence-corrected chi connectivity index (χ1v) is 27.0. The Kier molecular flexibility index (Phi) is 23.6. The molecule has 28 heteroatoms. The van der Waals surface area contributed by atoms with Crippen LogP contribution in [-0.4, -0.2) is 123 Å². The Labute approximate surface area is 382 Å². The van der Waals surface area contributed by atoms with Crippen molar-refractivity contribution in [2.24, 2.45) is 11.3 Å². The molecule has 3 heterocycles. The molecule has 10 N–H and O–H groups in total. The maximum atomic E-state index is 12.7. The molecule has 1 aliphatic rings. The standard InChI is InChI=1S/C37H66N7O17P3S/c1-5-6-7-8-11-14-25(2)15-12-9-10-13-16-28(46)65-20-19-39-27(45)17-18-40-35(49)32(48)37(3,4)22-58-64(55,56)61-63(53,54)57-21-26-31(60-62(50,51)52)30(47)36(59-26)44-24-43-29-33(38)41-23-42-34(29)44/h23-26,30-32,36,47-48H,5-22H2,1-4H3,(H,39,45)(H,40,49)(H,53,54)(H,55,56)(H2,38,41,42)(H2,50,51,52). The number of phosphoric acid groups is 3. The number of unbranched alkanes of at least 4 members (excludes halogenated alkanes) is 7. The van der Waals surface area contributed by atoms with Crippen molar-refractivity contribution < 1.29 is 80.5 Å². The molecular weight excluding hydrogens is 939 g/mol. The second-order valence-electron chi connectivity index (χ2n) is 16.6. The van der Waals surface area contributed by atoms with E-state index in [-0.39, 0.29) is 41.6 Å². The second-order valence-corrected chi connectivity index (χ2v) is 21.9. The molecule has 3 rings (SSSR count). The SMILES string of the molecule is CCCCCCCC(C)CCCCCCC(=O)SCCNC(=O)CCNC(=O)C(O)C(C)(C)COP(=O)(O)OP(=O)(O)OCC1OC(n2cnc3c(N)ncnc32)C(O)C1OP(=O)(O)O. The number of phosphoric ester groups is 3. The van der Waals surface area contributed by atoms with Gasteiger partial charge in [-0.05, 0) is 12.3 Å². The summed E-state index contributed by atoms with van der Waals surface area (Å²) in [6.45, 7) is 5.12. The fourth-order valence-electron chi connectivity index (χ4n) is 6.72. The molecule has 0 spiro atoms. The third-order valence-electron chi connectivity index (χ3n) is 10.4. The number of nitrogens with two attached hydrogens (primary N) is 1. The number of amides is 2. The van der Waals surface area contributed by atoms with Crippen molar-refractivity contribution in [2.75, 3.05) is 37.8 Å². The summed E-state index contributed by atoms with van der Waals surface area (Å²) < 4.78 is 62.4. The van der Waals surface area contributed by atoms with Crippen molar-refractivity contribution in [3.8, 4) is 0 Å². The van der Waals surface area contributed by atoms with Crippen LogP contribution in [0.5, 0.6) is 0 Å². The number of anilines is 1. The first-order chi connectivity index (χ1) is 30.4. The molecule has 1 saturated heterocycles. The molecule has 0 aliphatic carbocycles. The molecule has 372 valence electrons. The van der Waals surface area contributed by atoms with E-state index in [1.54, 1.807) is 0 Å². The lowest BCUT2D eigenvalue weighted by molar-refractivity contribution is -0.137. The number of carbonyl (C=O) groups excluding carboxylic acids is 3. The number of imidazole rings is 1. The van der Waals surface area contributed by atoms with E-state index in [0.717, 1.165) is 54.2 Å². The monoisotopic (exact) mass is 1010 g/mol. The minimum absolute atomic E-state index is 0.0335. The molecule has 1 fully saturated rings. The number of hydrogen-bond acceptors (Lipinski definition) is 18. The van der Waals surface area contributed by atoms with Crippen LogP contribution in [0.4, 0.5) is 5.82 Å². The molecule has 2 aromatic heterocycles. The number of aliphatic hydroxyl groups excluding tert-OH is 2. The summed E-state index contributed by atoms with van der Waals surface area (Å²) >= 11 is 1.15. The van der Waals surface area contributed by atoms with E-state index < -0.39 is 84.6 Å². The van der Waals surface area contributed by atoms with E-state index >= 15 is 0 Å². The predicted octanol–water partition coefficient (Wildman–Crippen LogP) is 4.00. The Balaban J connectivity index is 1.34. The third-order valence-corrected chi connectivity index (χ3v) is 14.4. The number of aromatic nitrogens is 4. The van der Waals surface area contributed by atoms with Crippen molar-refractivity contribution in [3.63, 3.8) is 0 Å². The van der Waals surface area contributed by atoms with E-state index in [1.165, 1.54) is 65.2 Å². The van der Waals surface area contributed by atoms with Gasteiger partial charge in [-0.15, -0.1) is 0 Å². The average molecular weight is 1010 g/mol. The maximum absolute atomic E-state index is 12.7. The summed E-state index contributed by atoms with van der Waals surface area (Å²) in [6, 6.07) is 0. The first-order valence-electron chi connectivity index (χ1n) is 21.5. The van der Waals surface area contributed by atoms with Crippen LogP contribution in [0.25, 0.3) is 11.2 Å². The van der Waals surface area contributed by atoms with Crippen LogP contribution >= 0.6 is 35.2 Å². The number of carbonyl (C=O) groups is 3. The Morgan fingerprint density at radius 3 is 2.23 bits per heavy atom. The van der Waals surface area contributed by atoms with E-state index in [2.05, 4.69) is 48.3 Å². The fourth-order valence-corrected chi connectivity index (χ4v) is 10.3. The zero-order valence-electron chi connectivity index (χ0n) is 37.1. The van der Waals surface area contributed by atoms with Gasteiger partial charge in [0.15, 0.2) is 22.8 Å². The lowest BCUT2D eigenvalue weighted by Gasteiger charge is -2.30. The Morgan fingerprint density at radius 2 is 1.57 bits per heavy atom. The van der Waals surface area contributed by atoms with Crippen LogP contribution in [0.1, 0.15) is 117 Å². The number of hydrogen-bond donors (Lipinski definition) is 9. The van der Waals surface area contributed by atoms with Gasteiger partial charge in [0, 0.05) is 37.1 Å². The van der Waals surface area contributed by atoms with Crippen molar-refractivity contribution in [2.45, 2.75) is 142 Å². The van der Waals surface area contributed by atoms with Crippen molar-refractivity contribution >= 4 is 69.1 Å². The van der Waals surface area contributed by atoms with Gasteiger partial charge in [0.2, 0.25) is 11.8 Å². The van der Waals surface area contributed by atoms with Crippen LogP contribution in [0, 0.1) is 11.3 Å². The topological polar surface area (TPSA) is 364 Å². The zero-order valence-corrected chi connectivity index (χ0v) is 40.6. The normalized spacial score (nSPS) is 20.8. The average Bonchev–Trinajstić information content (AvgIpc) is 3.78. The largest absolute Gasteiger partial charge is 0.481 e. The molecule has 8 atom stereocenters. The second kappa shape index (κ2) is 26.9.